The molecule has 0 atom stereocenters. The fourth-order valence-electron chi connectivity index (χ4n) is 6.75. The number of pyridine rings is 1. The van der Waals surface area contributed by atoms with Crippen LogP contribution in [0.3, 0.4) is 0 Å². The first-order chi connectivity index (χ1) is 31.8. The van der Waals surface area contributed by atoms with E-state index in [1.807, 2.05) is 57.2 Å². The van der Waals surface area contributed by atoms with E-state index in [0.29, 0.717) is 80.7 Å². The van der Waals surface area contributed by atoms with E-state index in [1.165, 1.54) is 24.4 Å². The number of ether oxygens (including phenoxy) is 4. The van der Waals surface area contributed by atoms with Gasteiger partial charge in [0.25, 0.3) is 11.8 Å². The minimum Gasteiger partial charge on any atom is -0.379 e. The average molecular weight is 934 g/mol. The van der Waals surface area contributed by atoms with Crippen LogP contribution in [-0.4, -0.2) is 97.7 Å². The van der Waals surface area contributed by atoms with Crippen LogP contribution in [0.5, 0.6) is 0 Å². The number of hydrogen-bond donors (Lipinski definition) is 3. The topological polar surface area (TPSA) is 157 Å². The molecular weight excluding hydrogens is 876 g/mol. The van der Waals surface area contributed by atoms with Gasteiger partial charge in [-0.2, -0.15) is 13.2 Å². The van der Waals surface area contributed by atoms with Gasteiger partial charge in [0.1, 0.15) is 0 Å². The lowest BCUT2D eigenvalue weighted by Crippen LogP contribution is -2.27. The second-order valence-corrected chi connectivity index (χ2v) is 16.9. The molecular formula is C49H58F3N5O8S. The van der Waals surface area contributed by atoms with Crippen molar-refractivity contribution in [2.45, 2.75) is 51.2 Å². The number of rotatable bonds is 27. The van der Waals surface area contributed by atoms with Crippen molar-refractivity contribution < 1.29 is 50.1 Å². The van der Waals surface area contributed by atoms with E-state index in [-0.39, 0.29) is 36.1 Å². The molecule has 1 heterocycles. The zero-order chi connectivity index (χ0) is 47.4. The van der Waals surface area contributed by atoms with Crippen molar-refractivity contribution in [3.05, 3.63) is 143 Å². The molecule has 0 aliphatic carbocycles. The van der Waals surface area contributed by atoms with E-state index in [1.54, 1.807) is 36.4 Å². The summed E-state index contributed by atoms with van der Waals surface area (Å²) in [7, 11) is -3.57. The highest BCUT2D eigenvalue weighted by atomic mass is 32.2. The SMILES string of the molecule is CCN(CC)c1ccc(NC(=O)c2cccc(CCCOCCOCCOCCOCCNS(=O)(=O)c3ccc(C)cc3)c2)c(-c2cc(C(=O)NCc3cccc(C(F)(F)F)c3)ccn2)c1. The van der Waals surface area contributed by atoms with Crippen molar-refractivity contribution in [2.75, 3.05) is 82.7 Å². The van der Waals surface area contributed by atoms with Crippen LogP contribution in [0.15, 0.2) is 114 Å². The largest absolute Gasteiger partial charge is 0.416 e. The second kappa shape index (κ2) is 25.9. The molecule has 3 N–H and O–H groups in total. The molecule has 0 saturated carbocycles. The summed E-state index contributed by atoms with van der Waals surface area (Å²) in [6, 6.07) is 27.6. The van der Waals surface area contributed by atoms with Crippen LogP contribution in [0.25, 0.3) is 11.3 Å². The van der Waals surface area contributed by atoms with Crippen LogP contribution in [0.1, 0.15) is 63.2 Å². The van der Waals surface area contributed by atoms with Crippen LogP contribution >= 0.6 is 0 Å². The lowest BCUT2D eigenvalue weighted by atomic mass is 10.0. The van der Waals surface area contributed by atoms with E-state index < -0.39 is 27.7 Å². The predicted octanol–water partition coefficient (Wildman–Crippen LogP) is 8.08. The quantitative estimate of drug-likeness (QED) is 0.0440. The number of sulfonamides is 1. The smallest absolute Gasteiger partial charge is 0.379 e. The zero-order valence-corrected chi connectivity index (χ0v) is 38.3. The summed E-state index contributed by atoms with van der Waals surface area (Å²) in [4.78, 5) is 33.8. The number of alkyl halides is 3. The fraction of sp³-hybridized carbons (Fsp3) is 0.367. The highest BCUT2D eigenvalue weighted by Gasteiger charge is 2.30. The molecule has 66 heavy (non-hydrogen) atoms. The molecule has 5 aromatic rings. The molecule has 0 bridgehead atoms. The molecule has 5 rings (SSSR count). The first kappa shape index (κ1) is 51.3. The summed E-state index contributed by atoms with van der Waals surface area (Å²) in [5.74, 6) is -0.815. The van der Waals surface area contributed by atoms with Crippen LogP contribution < -0.4 is 20.3 Å². The number of aryl methyl sites for hydroxylation is 2. The molecule has 2 amide bonds. The first-order valence-electron chi connectivity index (χ1n) is 21.8. The zero-order valence-electron chi connectivity index (χ0n) is 37.5. The van der Waals surface area contributed by atoms with Gasteiger partial charge in [0.2, 0.25) is 10.0 Å². The number of hydrogen-bond acceptors (Lipinski definition) is 10. The molecule has 1 aromatic heterocycles. The number of carbonyl (C=O) groups is 2. The third-order valence-corrected chi connectivity index (χ3v) is 11.8. The third-order valence-electron chi connectivity index (χ3n) is 10.3. The second-order valence-electron chi connectivity index (χ2n) is 15.1. The summed E-state index contributed by atoms with van der Waals surface area (Å²) >= 11 is 0. The molecule has 0 fully saturated rings. The predicted molar refractivity (Wildman–Crippen MR) is 248 cm³/mol. The molecule has 0 radical (unpaired) electrons. The Morgan fingerprint density at radius 1 is 0.697 bits per heavy atom. The number of anilines is 2. The fourth-order valence-corrected chi connectivity index (χ4v) is 7.76. The highest BCUT2D eigenvalue weighted by molar-refractivity contribution is 7.89. The van der Waals surface area contributed by atoms with Gasteiger partial charge in [0.05, 0.1) is 68.1 Å². The molecule has 0 aliphatic heterocycles. The average Bonchev–Trinajstić information content (AvgIpc) is 3.31. The maximum absolute atomic E-state index is 13.7. The standard InChI is InChI=1S/C49H58F3N5O8S/c1-4-57(5-2)42-16-19-45(44(34-42)46-33-40(20-21-53-46)47(58)54-35-38-10-7-13-41(32-38)49(50,51)52)56-48(59)39-12-6-9-37(31-39)11-8-23-62-25-27-64-29-30-65-28-26-63-24-22-55-66(60,61)43-17-14-36(3)15-18-43/h6-7,9-10,12-21,31-34,55H,4-5,8,11,22-30,35H2,1-3H3,(H,54,58)(H,56,59). The Morgan fingerprint density at radius 2 is 1.33 bits per heavy atom. The van der Waals surface area contributed by atoms with E-state index >= 15 is 0 Å². The number of amides is 2. The van der Waals surface area contributed by atoms with E-state index in [0.717, 1.165) is 48.5 Å². The molecule has 354 valence electrons. The number of nitrogens with one attached hydrogen (secondary N) is 3. The Bertz CT molecular complexity index is 2430. The molecule has 17 heteroatoms. The number of aromatic nitrogens is 1. The van der Waals surface area contributed by atoms with Crippen molar-refractivity contribution in [2.24, 2.45) is 0 Å². The number of nitrogens with zero attached hydrogens (tertiary/aromatic N) is 2. The molecule has 4 aromatic carbocycles. The summed E-state index contributed by atoms with van der Waals surface area (Å²) < 4.78 is 89.1. The molecule has 0 aliphatic rings. The van der Waals surface area contributed by atoms with Gasteiger partial charge in [0.15, 0.2) is 0 Å². The lowest BCUT2D eigenvalue weighted by molar-refractivity contribution is -0.137. The van der Waals surface area contributed by atoms with Crippen molar-refractivity contribution in [1.82, 2.24) is 15.0 Å². The van der Waals surface area contributed by atoms with Gasteiger partial charge < -0.3 is 34.5 Å². The Morgan fingerprint density at radius 3 is 2.02 bits per heavy atom. The van der Waals surface area contributed by atoms with Crippen molar-refractivity contribution >= 4 is 33.2 Å². The van der Waals surface area contributed by atoms with E-state index in [2.05, 4.69) is 25.2 Å². The summed E-state index contributed by atoms with van der Waals surface area (Å²) in [6.45, 7) is 10.5. The summed E-state index contributed by atoms with van der Waals surface area (Å²) in [5.41, 5.74) is 4.59. The van der Waals surface area contributed by atoms with Crippen LogP contribution in [0, 0.1) is 6.92 Å². The molecule has 0 unspecified atom stereocenters. The van der Waals surface area contributed by atoms with Gasteiger partial charge in [-0.3, -0.25) is 14.6 Å². The summed E-state index contributed by atoms with van der Waals surface area (Å²) in [5, 5.41) is 5.73. The Labute approximate surface area is 385 Å². The van der Waals surface area contributed by atoms with Gasteiger partial charge in [0, 0.05) is 61.4 Å². The highest BCUT2D eigenvalue weighted by Crippen LogP contribution is 2.33. The first-order valence-corrected chi connectivity index (χ1v) is 23.3. The molecule has 13 nitrogen and oxygen atoms in total. The van der Waals surface area contributed by atoms with Crippen molar-refractivity contribution in [1.29, 1.82) is 0 Å². The Balaban J connectivity index is 1.03. The monoisotopic (exact) mass is 933 g/mol. The maximum Gasteiger partial charge on any atom is 0.416 e. The Hall–Kier alpha value is -5.69. The number of halogens is 3. The van der Waals surface area contributed by atoms with Crippen LogP contribution in [-0.2, 0) is 48.1 Å². The molecule has 0 spiro atoms. The number of carbonyl (C=O) groups excluding carboxylic acids is 2. The van der Waals surface area contributed by atoms with Gasteiger partial charge in [-0.25, -0.2) is 13.1 Å². The van der Waals surface area contributed by atoms with Gasteiger partial charge in [-0.05, 0) is 111 Å². The van der Waals surface area contributed by atoms with Crippen molar-refractivity contribution in [3.63, 3.8) is 0 Å². The molecule has 0 saturated heterocycles. The van der Waals surface area contributed by atoms with Gasteiger partial charge >= 0.3 is 6.18 Å². The minimum absolute atomic E-state index is 0.104. The van der Waals surface area contributed by atoms with Gasteiger partial charge in [-0.15, -0.1) is 0 Å². The lowest BCUT2D eigenvalue weighted by Gasteiger charge is -2.23. The minimum atomic E-state index is -4.50. The Kier molecular flexibility index (Phi) is 20.1. The van der Waals surface area contributed by atoms with Gasteiger partial charge in [-0.1, -0.05) is 42.0 Å². The number of benzene rings is 4. The maximum atomic E-state index is 13.7. The summed E-state index contributed by atoms with van der Waals surface area (Å²) in [6.07, 6.45) is -1.60. The van der Waals surface area contributed by atoms with Crippen molar-refractivity contribution in [3.8, 4) is 11.3 Å². The van der Waals surface area contributed by atoms with Crippen LogP contribution in [0.2, 0.25) is 0 Å². The van der Waals surface area contributed by atoms with E-state index in [9.17, 15) is 31.2 Å². The third kappa shape index (κ3) is 16.3. The normalized spacial score (nSPS) is 11.7. The van der Waals surface area contributed by atoms with E-state index in [4.69, 9.17) is 18.9 Å². The van der Waals surface area contributed by atoms with Crippen LogP contribution in [0.4, 0.5) is 24.5 Å².